The van der Waals surface area contributed by atoms with Crippen LogP contribution in [-0.2, 0) is 23.8 Å². The van der Waals surface area contributed by atoms with Gasteiger partial charge in [-0.1, -0.05) is 26.2 Å². The Bertz CT molecular complexity index is 319. The van der Waals surface area contributed by atoms with Gasteiger partial charge in [0.15, 0.2) is 0 Å². The highest BCUT2D eigenvalue weighted by Crippen LogP contribution is 2.59. The minimum absolute atomic E-state index is 0.0340. The lowest BCUT2D eigenvalue weighted by molar-refractivity contribution is -0.0542. The van der Waals surface area contributed by atoms with Gasteiger partial charge >= 0.3 is 0 Å². The lowest BCUT2D eigenvalue weighted by atomic mass is 10.1. The van der Waals surface area contributed by atoms with Crippen LogP contribution in [0.25, 0.3) is 0 Å². The first-order valence-electron chi connectivity index (χ1n) is 6.13. The Balaban J connectivity index is 0.000000185. The van der Waals surface area contributed by atoms with Gasteiger partial charge in [-0.25, -0.2) is 0 Å². The molecule has 0 spiro atoms. The topological polar surface area (TPSA) is 68.4 Å². The Kier molecular flexibility index (Phi) is 5.37. The standard InChI is InChI=1S/C8H14O2.C3H8O3S/c1-2-3-4-5-6-8-7(9-8)10-8;1-3-6-7(2,4)5/h7H,2-6H2,1H3;3H2,1-2H3. The zero-order valence-electron chi connectivity index (χ0n) is 10.8. The van der Waals surface area contributed by atoms with E-state index < -0.39 is 10.1 Å². The Morgan fingerprint density at radius 2 is 1.76 bits per heavy atom. The molecule has 0 saturated carbocycles. The van der Waals surface area contributed by atoms with Crippen molar-refractivity contribution in [2.75, 3.05) is 12.9 Å². The van der Waals surface area contributed by atoms with Crippen LogP contribution in [0.3, 0.4) is 0 Å². The Morgan fingerprint density at radius 1 is 1.18 bits per heavy atom. The van der Waals surface area contributed by atoms with Gasteiger partial charge in [0.2, 0.25) is 12.1 Å². The monoisotopic (exact) mass is 266 g/mol. The molecule has 17 heavy (non-hydrogen) atoms. The van der Waals surface area contributed by atoms with Crippen molar-refractivity contribution < 1.29 is 22.1 Å². The van der Waals surface area contributed by atoms with Crippen LogP contribution in [0.15, 0.2) is 0 Å². The second-order valence-electron chi connectivity index (χ2n) is 4.30. The Hall–Kier alpha value is -0.170. The van der Waals surface area contributed by atoms with Crippen molar-refractivity contribution in [2.45, 2.75) is 58.0 Å². The fourth-order valence-electron chi connectivity index (χ4n) is 1.55. The molecule has 0 N–H and O–H groups in total. The number of unbranched alkanes of at least 4 members (excludes halogenated alkanes) is 3. The van der Waals surface area contributed by atoms with Crippen LogP contribution in [0.4, 0.5) is 0 Å². The van der Waals surface area contributed by atoms with Crippen molar-refractivity contribution in [3.63, 3.8) is 0 Å². The van der Waals surface area contributed by atoms with E-state index in [-0.39, 0.29) is 18.7 Å². The molecule has 6 heteroatoms. The van der Waals surface area contributed by atoms with E-state index in [4.69, 9.17) is 9.47 Å². The molecule has 0 unspecified atom stereocenters. The molecule has 0 amide bonds. The summed E-state index contributed by atoms with van der Waals surface area (Å²) in [5.41, 5.74) is 0. The van der Waals surface area contributed by atoms with E-state index >= 15 is 0 Å². The third-order valence-corrected chi connectivity index (χ3v) is 3.23. The fraction of sp³-hybridized carbons (Fsp3) is 1.00. The van der Waals surface area contributed by atoms with E-state index in [2.05, 4.69) is 11.1 Å². The molecule has 2 saturated heterocycles. The first kappa shape index (κ1) is 14.9. The number of ether oxygens (including phenoxy) is 2. The predicted molar refractivity (Wildman–Crippen MR) is 63.9 cm³/mol. The smallest absolute Gasteiger partial charge is 0.264 e. The van der Waals surface area contributed by atoms with Crippen molar-refractivity contribution in [1.82, 2.24) is 0 Å². The lowest BCUT2D eigenvalue weighted by Gasteiger charge is -1.98. The number of epoxide rings is 2. The molecule has 0 bridgehead atoms. The molecule has 0 atom stereocenters. The average Bonchev–Trinajstić information content (AvgIpc) is 3.00. The molecule has 0 aromatic carbocycles. The Labute approximate surface area is 104 Å². The maximum absolute atomic E-state index is 10.0. The highest BCUT2D eigenvalue weighted by Gasteiger charge is 2.76. The molecule has 2 aliphatic rings. The molecular weight excluding hydrogens is 244 g/mol. The van der Waals surface area contributed by atoms with Gasteiger partial charge in [-0.05, 0) is 13.3 Å². The lowest BCUT2D eigenvalue weighted by Crippen LogP contribution is -2.00. The van der Waals surface area contributed by atoms with Gasteiger partial charge in [0.1, 0.15) is 0 Å². The number of hydrogen-bond donors (Lipinski definition) is 0. The third kappa shape index (κ3) is 5.81. The Morgan fingerprint density at radius 3 is 2.06 bits per heavy atom. The van der Waals surface area contributed by atoms with Gasteiger partial charge in [-0.3, -0.25) is 4.18 Å². The highest BCUT2D eigenvalue weighted by molar-refractivity contribution is 7.85. The quantitative estimate of drug-likeness (QED) is 0.400. The molecular formula is C11H22O5S. The molecule has 0 radical (unpaired) electrons. The van der Waals surface area contributed by atoms with Crippen LogP contribution in [-0.4, -0.2) is 33.4 Å². The minimum Gasteiger partial charge on any atom is -0.310 e. The van der Waals surface area contributed by atoms with E-state index in [0.717, 1.165) is 12.7 Å². The number of hydrogen-bond acceptors (Lipinski definition) is 5. The van der Waals surface area contributed by atoms with Crippen LogP contribution >= 0.6 is 0 Å². The van der Waals surface area contributed by atoms with Crippen molar-refractivity contribution >= 4 is 10.1 Å². The number of rotatable bonds is 7. The van der Waals surface area contributed by atoms with Gasteiger partial charge in [-0.2, -0.15) is 8.42 Å². The van der Waals surface area contributed by atoms with Crippen LogP contribution < -0.4 is 0 Å². The second kappa shape index (κ2) is 6.13. The fourth-order valence-corrected chi connectivity index (χ4v) is 1.98. The summed E-state index contributed by atoms with van der Waals surface area (Å²) >= 11 is 0. The maximum atomic E-state index is 10.0. The molecule has 5 nitrogen and oxygen atoms in total. The zero-order valence-corrected chi connectivity index (χ0v) is 11.6. The van der Waals surface area contributed by atoms with Crippen LogP contribution in [0.1, 0.15) is 46.0 Å². The summed E-state index contributed by atoms with van der Waals surface area (Å²) < 4.78 is 34.5. The van der Waals surface area contributed by atoms with Crippen molar-refractivity contribution in [2.24, 2.45) is 0 Å². The van der Waals surface area contributed by atoms with Gasteiger partial charge in [0.25, 0.3) is 10.1 Å². The summed E-state index contributed by atoms with van der Waals surface area (Å²) in [5.74, 6) is -0.0340. The van der Waals surface area contributed by atoms with E-state index in [1.165, 1.54) is 25.7 Å². The van der Waals surface area contributed by atoms with Crippen molar-refractivity contribution in [3.05, 3.63) is 0 Å². The molecule has 2 rings (SSSR count). The molecule has 2 fully saturated rings. The summed E-state index contributed by atoms with van der Waals surface area (Å²) in [6.45, 7) is 4.07. The van der Waals surface area contributed by atoms with Crippen LogP contribution in [0, 0.1) is 0 Å². The largest absolute Gasteiger partial charge is 0.310 e. The summed E-state index contributed by atoms with van der Waals surface area (Å²) in [5, 5.41) is 0. The number of fused-ring (bicyclic) bond motifs is 1. The first-order valence-corrected chi connectivity index (χ1v) is 7.95. The van der Waals surface area contributed by atoms with Crippen LogP contribution in [0.2, 0.25) is 0 Å². The highest BCUT2D eigenvalue weighted by atomic mass is 32.2. The minimum atomic E-state index is -3.17. The summed E-state index contributed by atoms with van der Waals surface area (Å²) in [6.07, 6.45) is 7.61. The predicted octanol–water partition coefficient (Wildman–Crippen LogP) is 2.02. The van der Waals surface area contributed by atoms with E-state index in [1.807, 2.05) is 0 Å². The summed E-state index contributed by atoms with van der Waals surface area (Å²) in [6, 6.07) is 0. The molecule has 2 aliphatic heterocycles. The van der Waals surface area contributed by atoms with Gasteiger partial charge in [-0.15, -0.1) is 0 Å². The molecule has 0 aromatic heterocycles. The van der Waals surface area contributed by atoms with Crippen molar-refractivity contribution in [3.8, 4) is 0 Å². The second-order valence-corrected chi connectivity index (χ2v) is 5.94. The zero-order chi connectivity index (χ0) is 12.9. The molecule has 0 aromatic rings. The van der Waals surface area contributed by atoms with Gasteiger partial charge < -0.3 is 9.47 Å². The summed E-state index contributed by atoms with van der Waals surface area (Å²) in [7, 11) is -3.17. The SMILES string of the molecule is CCCCCCC12OC1O2.CCOS(C)(=O)=O. The van der Waals surface area contributed by atoms with E-state index in [1.54, 1.807) is 6.92 Å². The summed E-state index contributed by atoms with van der Waals surface area (Å²) in [4.78, 5) is 0. The average molecular weight is 266 g/mol. The maximum Gasteiger partial charge on any atom is 0.264 e. The first-order chi connectivity index (χ1) is 7.93. The molecule has 102 valence electrons. The normalized spacial score (nSPS) is 29.0. The van der Waals surface area contributed by atoms with E-state index in [9.17, 15) is 8.42 Å². The van der Waals surface area contributed by atoms with Gasteiger partial charge in [0.05, 0.1) is 12.9 Å². The molecule has 2 heterocycles. The molecule has 0 aliphatic carbocycles. The van der Waals surface area contributed by atoms with Crippen LogP contribution in [0.5, 0.6) is 0 Å². The van der Waals surface area contributed by atoms with Crippen molar-refractivity contribution in [1.29, 1.82) is 0 Å². The van der Waals surface area contributed by atoms with E-state index in [0.29, 0.717) is 0 Å². The van der Waals surface area contributed by atoms with Gasteiger partial charge in [0, 0.05) is 6.42 Å². The third-order valence-electron chi connectivity index (χ3n) is 2.57.